The first-order chi connectivity index (χ1) is 12.2. The van der Waals surface area contributed by atoms with Crippen molar-refractivity contribution in [2.45, 2.75) is 52.0 Å². The quantitative estimate of drug-likeness (QED) is 0.827. The molecule has 26 heavy (non-hydrogen) atoms. The SMILES string of the molecule is Cc1cc(CNC(=O)N(Cc2ccc(C(F)(F)F)cc2)C2CC2)c(C)o1. The van der Waals surface area contributed by atoms with Gasteiger partial charge in [-0.05, 0) is 50.5 Å². The van der Waals surface area contributed by atoms with E-state index < -0.39 is 11.7 Å². The van der Waals surface area contributed by atoms with E-state index in [0.29, 0.717) is 12.1 Å². The van der Waals surface area contributed by atoms with Crippen LogP contribution in [0.15, 0.2) is 34.7 Å². The first-order valence-electron chi connectivity index (χ1n) is 8.50. The standard InChI is InChI=1S/C19H21F3N2O2/c1-12-9-15(13(2)26-12)10-23-18(25)24(17-7-8-17)11-14-3-5-16(6-4-14)19(20,21)22/h3-6,9,17H,7-8,10-11H2,1-2H3,(H,23,25). The zero-order valence-corrected chi connectivity index (χ0v) is 14.7. The van der Waals surface area contributed by atoms with Crippen LogP contribution in [0.3, 0.4) is 0 Å². The third-order valence-corrected chi connectivity index (χ3v) is 4.46. The summed E-state index contributed by atoms with van der Waals surface area (Å²) < 4.78 is 43.4. The normalized spacial score (nSPS) is 14.3. The number of hydrogen-bond donors (Lipinski definition) is 1. The Morgan fingerprint density at radius 3 is 2.38 bits per heavy atom. The maximum Gasteiger partial charge on any atom is 0.416 e. The van der Waals surface area contributed by atoms with Gasteiger partial charge in [0.05, 0.1) is 5.56 Å². The number of furan rings is 1. The lowest BCUT2D eigenvalue weighted by Gasteiger charge is -2.23. The van der Waals surface area contributed by atoms with Crippen LogP contribution in [0.4, 0.5) is 18.0 Å². The number of carbonyl (C=O) groups is 1. The molecule has 1 aliphatic rings. The minimum absolute atomic E-state index is 0.143. The van der Waals surface area contributed by atoms with Gasteiger partial charge in [0.15, 0.2) is 0 Å². The highest BCUT2D eigenvalue weighted by molar-refractivity contribution is 5.75. The molecule has 1 N–H and O–H groups in total. The fourth-order valence-electron chi connectivity index (χ4n) is 2.88. The van der Waals surface area contributed by atoms with Crippen molar-refractivity contribution in [1.29, 1.82) is 0 Å². The number of halogens is 3. The van der Waals surface area contributed by atoms with Crippen molar-refractivity contribution in [3.8, 4) is 0 Å². The van der Waals surface area contributed by atoms with E-state index in [1.165, 1.54) is 12.1 Å². The number of rotatable bonds is 5. The van der Waals surface area contributed by atoms with Crippen molar-refractivity contribution >= 4 is 6.03 Å². The zero-order valence-electron chi connectivity index (χ0n) is 14.7. The molecule has 0 spiro atoms. The smallest absolute Gasteiger partial charge is 0.416 e. The number of urea groups is 1. The second kappa shape index (κ2) is 7.05. The van der Waals surface area contributed by atoms with Crippen molar-refractivity contribution < 1.29 is 22.4 Å². The number of alkyl halides is 3. The van der Waals surface area contributed by atoms with Gasteiger partial charge in [-0.25, -0.2) is 4.79 Å². The lowest BCUT2D eigenvalue weighted by atomic mass is 10.1. The predicted molar refractivity (Wildman–Crippen MR) is 90.4 cm³/mol. The van der Waals surface area contributed by atoms with Crippen LogP contribution in [0.5, 0.6) is 0 Å². The number of amides is 2. The Kier molecular flexibility index (Phi) is 4.98. The molecule has 1 aromatic carbocycles. The molecule has 0 bridgehead atoms. The molecular weight excluding hydrogens is 345 g/mol. The fraction of sp³-hybridized carbons (Fsp3) is 0.421. The maximum atomic E-state index is 12.7. The van der Waals surface area contributed by atoms with Crippen molar-refractivity contribution in [2.24, 2.45) is 0 Å². The van der Waals surface area contributed by atoms with E-state index >= 15 is 0 Å². The van der Waals surface area contributed by atoms with Gasteiger partial charge < -0.3 is 14.6 Å². The molecule has 1 fully saturated rings. The highest BCUT2D eigenvalue weighted by Gasteiger charge is 2.33. The highest BCUT2D eigenvalue weighted by atomic mass is 19.4. The van der Waals surface area contributed by atoms with Gasteiger partial charge >= 0.3 is 12.2 Å². The van der Waals surface area contributed by atoms with Gasteiger partial charge in [0, 0.05) is 24.7 Å². The van der Waals surface area contributed by atoms with Crippen LogP contribution in [0.1, 0.15) is 41.1 Å². The molecule has 0 radical (unpaired) electrons. The molecule has 2 aromatic rings. The van der Waals surface area contributed by atoms with Crippen LogP contribution < -0.4 is 5.32 Å². The van der Waals surface area contributed by atoms with Crippen LogP contribution in [0.2, 0.25) is 0 Å². The van der Waals surface area contributed by atoms with E-state index in [0.717, 1.165) is 42.1 Å². The first-order valence-corrected chi connectivity index (χ1v) is 8.50. The summed E-state index contributed by atoms with van der Waals surface area (Å²) in [5.74, 6) is 1.55. The summed E-state index contributed by atoms with van der Waals surface area (Å²) in [5.41, 5.74) is 0.908. The minimum Gasteiger partial charge on any atom is -0.466 e. The molecule has 140 valence electrons. The molecule has 0 atom stereocenters. The Bertz CT molecular complexity index is 777. The molecule has 3 rings (SSSR count). The van der Waals surface area contributed by atoms with Gasteiger partial charge in [-0.3, -0.25) is 0 Å². The van der Waals surface area contributed by atoms with Crippen molar-refractivity contribution in [2.75, 3.05) is 0 Å². The molecule has 1 aromatic heterocycles. The van der Waals surface area contributed by atoms with Crippen LogP contribution >= 0.6 is 0 Å². The van der Waals surface area contributed by atoms with E-state index in [1.807, 2.05) is 19.9 Å². The third kappa shape index (κ3) is 4.39. The second-order valence-corrected chi connectivity index (χ2v) is 6.65. The molecule has 0 saturated heterocycles. The molecular formula is C19H21F3N2O2. The van der Waals surface area contributed by atoms with Gasteiger partial charge in [-0.15, -0.1) is 0 Å². The Morgan fingerprint density at radius 1 is 1.23 bits per heavy atom. The van der Waals surface area contributed by atoms with E-state index in [2.05, 4.69) is 5.32 Å². The Hall–Kier alpha value is -2.44. The Balaban J connectivity index is 1.63. The lowest BCUT2D eigenvalue weighted by molar-refractivity contribution is -0.137. The molecule has 2 amide bonds. The zero-order chi connectivity index (χ0) is 18.9. The minimum atomic E-state index is -4.35. The number of aryl methyl sites for hydroxylation is 2. The Morgan fingerprint density at radius 2 is 1.88 bits per heavy atom. The van der Waals surface area contributed by atoms with E-state index in [9.17, 15) is 18.0 Å². The van der Waals surface area contributed by atoms with Gasteiger partial charge in [-0.1, -0.05) is 12.1 Å². The molecule has 4 nitrogen and oxygen atoms in total. The highest BCUT2D eigenvalue weighted by Crippen LogP contribution is 2.31. The largest absolute Gasteiger partial charge is 0.466 e. The van der Waals surface area contributed by atoms with Gasteiger partial charge in [-0.2, -0.15) is 13.2 Å². The summed E-state index contributed by atoms with van der Waals surface area (Å²) in [6, 6.07) is 6.76. The van der Waals surface area contributed by atoms with Crippen molar-refractivity contribution in [3.05, 3.63) is 58.5 Å². The second-order valence-electron chi connectivity index (χ2n) is 6.65. The van der Waals surface area contributed by atoms with E-state index in [1.54, 1.807) is 4.90 Å². The number of hydrogen-bond acceptors (Lipinski definition) is 2. The van der Waals surface area contributed by atoms with Crippen LogP contribution in [-0.2, 0) is 19.3 Å². The molecule has 0 unspecified atom stereocenters. The van der Waals surface area contributed by atoms with E-state index in [4.69, 9.17) is 4.42 Å². The van der Waals surface area contributed by atoms with Crippen molar-refractivity contribution in [3.63, 3.8) is 0 Å². The monoisotopic (exact) mass is 366 g/mol. The maximum absolute atomic E-state index is 12.7. The number of nitrogens with one attached hydrogen (secondary N) is 1. The summed E-state index contributed by atoms with van der Waals surface area (Å²) in [6.07, 6.45) is -2.53. The van der Waals surface area contributed by atoms with Crippen LogP contribution in [0.25, 0.3) is 0 Å². The summed E-state index contributed by atoms with van der Waals surface area (Å²) in [6.45, 7) is 4.34. The topological polar surface area (TPSA) is 45.5 Å². The summed E-state index contributed by atoms with van der Waals surface area (Å²) in [4.78, 5) is 14.2. The fourth-order valence-corrected chi connectivity index (χ4v) is 2.88. The number of carbonyl (C=O) groups excluding carboxylic acids is 1. The number of nitrogens with zero attached hydrogens (tertiary/aromatic N) is 1. The average Bonchev–Trinajstić information content (AvgIpc) is 3.35. The van der Waals surface area contributed by atoms with E-state index in [-0.39, 0.29) is 18.6 Å². The third-order valence-electron chi connectivity index (χ3n) is 4.46. The predicted octanol–water partition coefficient (Wildman–Crippen LogP) is 4.79. The first kappa shape index (κ1) is 18.4. The molecule has 1 aliphatic carbocycles. The average molecular weight is 366 g/mol. The molecule has 0 aliphatic heterocycles. The summed E-state index contributed by atoms with van der Waals surface area (Å²) >= 11 is 0. The molecule has 7 heteroatoms. The van der Waals surface area contributed by atoms with Crippen LogP contribution in [0, 0.1) is 13.8 Å². The Labute approximate surface area is 150 Å². The van der Waals surface area contributed by atoms with Gasteiger partial charge in [0.1, 0.15) is 11.5 Å². The van der Waals surface area contributed by atoms with Crippen LogP contribution in [-0.4, -0.2) is 17.0 Å². The molecule has 1 saturated carbocycles. The summed E-state index contributed by atoms with van der Waals surface area (Å²) in [5, 5.41) is 2.88. The molecule has 1 heterocycles. The summed E-state index contributed by atoms with van der Waals surface area (Å²) in [7, 11) is 0. The number of benzene rings is 1. The van der Waals surface area contributed by atoms with Gasteiger partial charge in [0.2, 0.25) is 0 Å². The van der Waals surface area contributed by atoms with Crippen molar-refractivity contribution in [1.82, 2.24) is 10.2 Å². The van der Waals surface area contributed by atoms with Gasteiger partial charge in [0.25, 0.3) is 0 Å². The lowest BCUT2D eigenvalue weighted by Crippen LogP contribution is -2.40.